The Morgan fingerprint density at radius 2 is 1.12 bits per heavy atom. The zero-order valence-corrected chi connectivity index (χ0v) is 35.6. The highest BCUT2D eigenvalue weighted by Gasteiger charge is 2.55. The molecule has 0 bridgehead atoms. The highest BCUT2D eigenvalue weighted by molar-refractivity contribution is 6.74. The maximum absolute atomic E-state index is 12.6. The molecule has 0 amide bonds. The van der Waals surface area contributed by atoms with Gasteiger partial charge in [0.25, 0.3) is 0 Å². The van der Waals surface area contributed by atoms with E-state index < -0.39 is 39.0 Å². The lowest BCUT2D eigenvalue weighted by Crippen LogP contribution is -2.62. The van der Waals surface area contributed by atoms with Crippen molar-refractivity contribution in [2.75, 3.05) is 13.2 Å². The Labute approximate surface area is 345 Å². The molecule has 3 fully saturated rings. The van der Waals surface area contributed by atoms with Crippen LogP contribution in [0.5, 0.6) is 0 Å². The van der Waals surface area contributed by atoms with Crippen molar-refractivity contribution >= 4 is 14.3 Å². The lowest BCUT2D eigenvalue weighted by Gasteiger charge is -2.47. The van der Waals surface area contributed by atoms with E-state index in [9.17, 15) is 4.79 Å². The van der Waals surface area contributed by atoms with Crippen molar-refractivity contribution in [3.05, 3.63) is 144 Å². The second-order valence-electron chi connectivity index (χ2n) is 17.4. The molecule has 0 aromatic heterocycles. The predicted octanol–water partition coefficient (Wildman–Crippen LogP) is 9.04. The highest BCUT2D eigenvalue weighted by atomic mass is 28.4. The summed E-state index contributed by atoms with van der Waals surface area (Å²) < 4.78 is 54.1. The number of rotatable bonds is 18. The molecule has 9 nitrogen and oxygen atoms in total. The number of carbonyl (C=O) groups is 1. The molecule has 7 rings (SSSR count). The third-order valence-electron chi connectivity index (χ3n) is 12.2. The smallest absolute Gasteiger partial charge is 0.306 e. The molecular formula is C48H60O9Si. The Kier molecular flexibility index (Phi) is 14.3. The fraction of sp³-hybridized carbons (Fsp3) is 0.479. The van der Waals surface area contributed by atoms with Crippen LogP contribution in [0.4, 0.5) is 0 Å². The first-order valence-corrected chi connectivity index (χ1v) is 23.7. The maximum Gasteiger partial charge on any atom is 0.306 e. The minimum absolute atomic E-state index is 0.00775. The second kappa shape index (κ2) is 19.6. The molecule has 0 radical (unpaired) electrons. The summed E-state index contributed by atoms with van der Waals surface area (Å²) in [5.41, 5.74) is 4.14. The summed E-state index contributed by atoms with van der Waals surface area (Å²) in [5.74, 6) is -0.244. The van der Waals surface area contributed by atoms with E-state index in [2.05, 4.69) is 58.1 Å². The van der Waals surface area contributed by atoms with Crippen LogP contribution in [-0.4, -0.2) is 70.4 Å². The average Bonchev–Trinajstić information content (AvgIpc) is 3.74. The first-order chi connectivity index (χ1) is 28.0. The van der Waals surface area contributed by atoms with Crippen LogP contribution in [0.3, 0.4) is 0 Å². The molecule has 2 aliphatic heterocycles. The second-order valence-corrected chi connectivity index (χ2v) is 22.2. The Hall–Kier alpha value is -3.71. The Balaban J connectivity index is 1.21. The molecule has 3 aliphatic rings. The molecule has 1 aliphatic carbocycles. The van der Waals surface area contributed by atoms with Gasteiger partial charge in [-0.15, -0.1) is 0 Å². The first kappa shape index (κ1) is 42.4. The SMILES string of the molecule is CC(C)(C)[Si](C)(C)OC[C@@H]1[C@H]2CC(=O)O[C@H]2C[C@H]1O[C@H]1O[C@H](COCc2ccccc2)[C@@H](OCc2ccccc2)[C@H](OCc2ccccc2)[C@H]1OCc1ccccc1. The van der Waals surface area contributed by atoms with Crippen molar-refractivity contribution in [3.8, 4) is 0 Å². The number of benzene rings is 4. The van der Waals surface area contributed by atoms with E-state index in [1.165, 1.54) is 0 Å². The number of esters is 1. The van der Waals surface area contributed by atoms with Crippen LogP contribution in [0.25, 0.3) is 0 Å². The van der Waals surface area contributed by atoms with Gasteiger partial charge in [0.15, 0.2) is 14.6 Å². The molecule has 9 atom stereocenters. The molecule has 4 aromatic carbocycles. The van der Waals surface area contributed by atoms with Crippen molar-refractivity contribution < 1.29 is 42.4 Å². The molecular weight excluding hydrogens is 749 g/mol. The third kappa shape index (κ3) is 10.9. The van der Waals surface area contributed by atoms with E-state index in [-0.39, 0.29) is 41.7 Å². The largest absolute Gasteiger partial charge is 0.462 e. The van der Waals surface area contributed by atoms with Crippen LogP contribution in [0.1, 0.15) is 55.9 Å². The van der Waals surface area contributed by atoms with Crippen LogP contribution in [-0.2, 0) is 68.8 Å². The molecule has 0 spiro atoms. The van der Waals surface area contributed by atoms with Crippen LogP contribution in [0.2, 0.25) is 18.1 Å². The van der Waals surface area contributed by atoms with Gasteiger partial charge in [0.2, 0.25) is 0 Å². The molecule has 310 valence electrons. The predicted molar refractivity (Wildman–Crippen MR) is 224 cm³/mol. The quantitative estimate of drug-likeness (QED) is 0.0722. The first-order valence-electron chi connectivity index (χ1n) is 20.8. The average molecular weight is 809 g/mol. The summed E-state index contributed by atoms with van der Waals surface area (Å²) in [5, 5.41) is 0.0251. The van der Waals surface area contributed by atoms with Gasteiger partial charge in [-0.3, -0.25) is 4.79 Å². The summed E-state index contributed by atoms with van der Waals surface area (Å²) in [6.45, 7) is 13.3. The van der Waals surface area contributed by atoms with Gasteiger partial charge in [-0.05, 0) is 40.4 Å². The number of carbonyl (C=O) groups excluding carboxylic acids is 1. The van der Waals surface area contributed by atoms with Crippen LogP contribution in [0, 0.1) is 11.8 Å². The van der Waals surface area contributed by atoms with E-state index in [0.29, 0.717) is 45.9 Å². The van der Waals surface area contributed by atoms with Crippen LogP contribution < -0.4 is 0 Å². The number of fused-ring (bicyclic) bond motifs is 1. The van der Waals surface area contributed by atoms with Gasteiger partial charge in [0.1, 0.15) is 30.5 Å². The van der Waals surface area contributed by atoms with Crippen LogP contribution in [0.15, 0.2) is 121 Å². The van der Waals surface area contributed by atoms with E-state index in [1.807, 2.05) is 97.1 Å². The molecule has 10 heteroatoms. The molecule has 2 heterocycles. The number of hydrogen-bond acceptors (Lipinski definition) is 9. The van der Waals surface area contributed by atoms with Gasteiger partial charge in [-0.2, -0.15) is 0 Å². The molecule has 58 heavy (non-hydrogen) atoms. The van der Waals surface area contributed by atoms with Crippen molar-refractivity contribution in [3.63, 3.8) is 0 Å². The van der Waals surface area contributed by atoms with Crippen molar-refractivity contribution in [1.82, 2.24) is 0 Å². The standard InChI is InChI=1S/C48H60O9Si/c1-48(2,3)58(4,5)54-32-39-38-26-43(49)55-40(38)27-41(39)56-47-46(53-31-37-24-16-9-17-25-37)45(52-30-36-22-14-8-15-23-36)44(51-29-35-20-12-7-13-21-35)42(57-47)33-50-28-34-18-10-6-11-19-34/h6-25,38-42,44-47H,26-33H2,1-5H3/t38-,39-,40+,41-,42-,44-,45+,46-,47+/m1/s1. The van der Waals surface area contributed by atoms with E-state index >= 15 is 0 Å². The fourth-order valence-corrected chi connectivity index (χ4v) is 8.94. The monoisotopic (exact) mass is 808 g/mol. The molecule has 0 N–H and O–H groups in total. The summed E-state index contributed by atoms with van der Waals surface area (Å²) in [6.07, 6.45) is -2.98. The Bertz CT molecular complexity index is 1840. The minimum Gasteiger partial charge on any atom is -0.462 e. The lowest BCUT2D eigenvalue weighted by molar-refractivity contribution is -0.338. The van der Waals surface area contributed by atoms with Crippen molar-refractivity contribution in [2.24, 2.45) is 11.8 Å². The number of ether oxygens (including phenoxy) is 7. The van der Waals surface area contributed by atoms with Gasteiger partial charge < -0.3 is 37.6 Å². The van der Waals surface area contributed by atoms with Gasteiger partial charge in [-0.1, -0.05) is 142 Å². The van der Waals surface area contributed by atoms with Crippen LogP contribution >= 0.6 is 0 Å². The summed E-state index contributed by atoms with van der Waals surface area (Å²) in [4.78, 5) is 12.6. The molecule has 1 saturated carbocycles. The van der Waals surface area contributed by atoms with Gasteiger partial charge >= 0.3 is 5.97 Å². The van der Waals surface area contributed by atoms with E-state index in [0.717, 1.165) is 22.3 Å². The van der Waals surface area contributed by atoms with E-state index in [4.69, 9.17) is 37.6 Å². The van der Waals surface area contributed by atoms with E-state index in [1.54, 1.807) is 0 Å². The summed E-state index contributed by atoms with van der Waals surface area (Å²) in [6, 6.07) is 40.4. The maximum atomic E-state index is 12.6. The highest BCUT2D eigenvalue weighted by Crippen LogP contribution is 2.46. The normalized spacial score (nSPS) is 27.3. The van der Waals surface area contributed by atoms with Crippen molar-refractivity contribution in [2.45, 2.75) is 121 Å². The molecule has 2 saturated heterocycles. The third-order valence-corrected chi connectivity index (χ3v) is 16.7. The van der Waals surface area contributed by atoms with Gasteiger partial charge in [-0.25, -0.2) is 0 Å². The zero-order valence-electron chi connectivity index (χ0n) is 34.6. The molecule has 0 unspecified atom stereocenters. The summed E-state index contributed by atoms with van der Waals surface area (Å²) in [7, 11) is -2.12. The number of hydrogen-bond donors (Lipinski definition) is 0. The fourth-order valence-electron chi connectivity index (χ4n) is 7.90. The topological polar surface area (TPSA) is 90.9 Å². The summed E-state index contributed by atoms with van der Waals surface area (Å²) >= 11 is 0. The van der Waals surface area contributed by atoms with Crippen molar-refractivity contribution in [1.29, 1.82) is 0 Å². The minimum atomic E-state index is -2.12. The molecule has 4 aromatic rings. The lowest BCUT2D eigenvalue weighted by atomic mass is 9.93. The van der Waals surface area contributed by atoms with Gasteiger partial charge in [0, 0.05) is 24.9 Å². The van der Waals surface area contributed by atoms with Gasteiger partial charge in [0.05, 0.1) is 45.6 Å². The zero-order chi connectivity index (χ0) is 40.5. The Morgan fingerprint density at radius 1 is 0.638 bits per heavy atom. The Morgan fingerprint density at radius 3 is 1.64 bits per heavy atom.